The van der Waals surface area contributed by atoms with Crippen LogP contribution in [0.1, 0.15) is 30.3 Å². The summed E-state index contributed by atoms with van der Waals surface area (Å²) in [6.07, 6.45) is 2.01. The molecule has 2 N–H and O–H groups in total. The first kappa shape index (κ1) is 16.5. The molecule has 0 saturated carbocycles. The summed E-state index contributed by atoms with van der Waals surface area (Å²) in [5.74, 6) is 0.303. The quantitative estimate of drug-likeness (QED) is 0.801. The molecule has 0 radical (unpaired) electrons. The average Bonchev–Trinajstić information content (AvgIpc) is 2.90. The molecule has 1 aliphatic rings. The minimum atomic E-state index is -0.0669. The molecule has 0 aromatic carbocycles. The fourth-order valence-electron chi connectivity index (χ4n) is 2.60. The largest absolute Gasteiger partial charge is 0.444 e. The number of carbonyl (C=O) groups is 1. The van der Waals surface area contributed by atoms with Crippen LogP contribution in [-0.2, 0) is 0 Å². The monoisotopic (exact) mass is 373 g/mol. The van der Waals surface area contributed by atoms with Crippen molar-refractivity contribution in [3.05, 3.63) is 22.6 Å². The van der Waals surface area contributed by atoms with Crippen molar-refractivity contribution in [3.8, 4) is 0 Å². The van der Waals surface area contributed by atoms with Crippen LogP contribution in [0.15, 0.2) is 21.2 Å². The van der Waals surface area contributed by atoms with Crippen molar-refractivity contribution >= 4 is 39.0 Å². The summed E-state index contributed by atoms with van der Waals surface area (Å²) in [6.45, 7) is 5.03. The van der Waals surface area contributed by atoms with Crippen molar-refractivity contribution in [2.45, 2.75) is 25.8 Å². The third-order valence-electron chi connectivity index (χ3n) is 3.72. The molecule has 7 heteroatoms. The van der Waals surface area contributed by atoms with E-state index in [0.29, 0.717) is 28.5 Å². The van der Waals surface area contributed by atoms with E-state index in [9.17, 15) is 4.79 Å². The zero-order chi connectivity index (χ0) is 15.4. The number of hydrogen-bond donors (Lipinski definition) is 1. The van der Waals surface area contributed by atoms with E-state index >= 15 is 0 Å². The second-order valence-electron chi connectivity index (χ2n) is 5.14. The number of amides is 1. The van der Waals surface area contributed by atoms with Gasteiger partial charge in [0.2, 0.25) is 0 Å². The van der Waals surface area contributed by atoms with Gasteiger partial charge in [-0.1, -0.05) is 25.6 Å². The predicted octanol–water partition coefficient (Wildman–Crippen LogP) is 2.25. The molecule has 21 heavy (non-hydrogen) atoms. The molecule has 1 aromatic heterocycles. The molecular formula is C14H20BrN3O2S. The number of rotatable bonds is 5. The van der Waals surface area contributed by atoms with Crippen molar-refractivity contribution in [2.75, 3.05) is 26.2 Å². The highest BCUT2D eigenvalue weighted by Gasteiger charge is 2.28. The second kappa shape index (κ2) is 7.38. The summed E-state index contributed by atoms with van der Waals surface area (Å²) < 4.78 is 5.89. The van der Waals surface area contributed by atoms with E-state index in [0.717, 1.165) is 25.9 Å². The minimum Gasteiger partial charge on any atom is -0.444 e. The molecule has 0 bridgehead atoms. The van der Waals surface area contributed by atoms with Crippen LogP contribution in [0.3, 0.4) is 0 Å². The number of nitrogens with two attached hydrogens (primary N) is 1. The van der Waals surface area contributed by atoms with Gasteiger partial charge in [0.25, 0.3) is 5.91 Å². The van der Waals surface area contributed by atoms with E-state index in [4.69, 9.17) is 22.4 Å². The normalized spacial score (nSPS) is 17.7. The SMILES string of the molecule is CCCC(C(N)=S)N1CCN(C(=O)c2ccc(Br)o2)CC1. The molecule has 1 atom stereocenters. The summed E-state index contributed by atoms with van der Waals surface area (Å²) in [5.41, 5.74) is 5.83. The number of halogens is 1. The van der Waals surface area contributed by atoms with Gasteiger partial charge in [-0.2, -0.15) is 0 Å². The van der Waals surface area contributed by atoms with Gasteiger partial charge in [0, 0.05) is 26.2 Å². The number of carbonyl (C=O) groups excluding carboxylic acids is 1. The Bertz CT molecular complexity index is 512. The lowest BCUT2D eigenvalue weighted by Crippen LogP contribution is -2.54. The molecule has 1 saturated heterocycles. The van der Waals surface area contributed by atoms with Crippen LogP contribution < -0.4 is 5.73 Å². The summed E-state index contributed by atoms with van der Waals surface area (Å²) in [7, 11) is 0. The third kappa shape index (κ3) is 4.05. The Hall–Kier alpha value is -0.920. The molecule has 0 aliphatic carbocycles. The summed E-state index contributed by atoms with van der Waals surface area (Å²) in [4.78, 5) is 16.9. The van der Waals surface area contributed by atoms with Gasteiger partial charge >= 0.3 is 0 Å². The van der Waals surface area contributed by atoms with Crippen LogP contribution in [0.5, 0.6) is 0 Å². The highest BCUT2D eigenvalue weighted by molar-refractivity contribution is 9.10. The zero-order valence-corrected chi connectivity index (χ0v) is 14.5. The number of piperazine rings is 1. The predicted molar refractivity (Wildman–Crippen MR) is 89.4 cm³/mol. The van der Waals surface area contributed by atoms with Gasteiger partial charge in [0.1, 0.15) is 0 Å². The molecule has 2 heterocycles. The third-order valence-corrected chi connectivity index (χ3v) is 4.42. The van der Waals surface area contributed by atoms with Crippen molar-refractivity contribution in [1.82, 2.24) is 9.80 Å². The molecular weight excluding hydrogens is 354 g/mol. The van der Waals surface area contributed by atoms with Gasteiger partial charge in [-0.15, -0.1) is 0 Å². The van der Waals surface area contributed by atoms with Crippen molar-refractivity contribution < 1.29 is 9.21 Å². The van der Waals surface area contributed by atoms with E-state index in [1.165, 1.54) is 0 Å². The number of thiocarbonyl (C=S) groups is 1. The van der Waals surface area contributed by atoms with E-state index in [1.807, 2.05) is 4.90 Å². The maximum Gasteiger partial charge on any atom is 0.289 e. The van der Waals surface area contributed by atoms with Gasteiger partial charge in [-0.25, -0.2) is 0 Å². The van der Waals surface area contributed by atoms with Crippen LogP contribution in [0, 0.1) is 0 Å². The molecule has 1 unspecified atom stereocenters. The molecule has 1 amide bonds. The maximum absolute atomic E-state index is 12.3. The molecule has 0 spiro atoms. The standard InChI is InChI=1S/C14H20BrN3O2S/c1-2-3-10(13(16)21)17-6-8-18(9-7-17)14(19)11-4-5-12(15)20-11/h4-5,10H,2-3,6-9H2,1H3,(H2,16,21). The molecule has 1 aliphatic heterocycles. The fraction of sp³-hybridized carbons (Fsp3) is 0.571. The lowest BCUT2D eigenvalue weighted by molar-refractivity contribution is 0.0577. The van der Waals surface area contributed by atoms with E-state index in [1.54, 1.807) is 12.1 Å². The van der Waals surface area contributed by atoms with E-state index < -0.39 is 0 Å². The van der Waals surface area contributed by atoms with Crippen molar-refractivity contribution in [2.24, 2.45) is 5.73 Å². The summed E-state index contributed by atoms with van der Waals surface area (Å²) >= 11 is 8.37. The highest BCUT2D eigenvalue weighted by Crippen LogP contribution is 2.18. The fourth-order valence-corrected chi connectivity index (χ4v) is 3.17. The first-order valence-corrected chi connectivity index (χ1v) is 8.31. The van der Waals surface area contributed by atoms with Gasteiger partial charge in [-0.3, -0.25) is 9.69 Å². The maximum atomic E-state index is 12.3. The van der Waals surface area contributed by atoms with Gasteiger partial charge < -0.3 is 15.1 Å². The summed E-state index contributed by atoms with van der Waals surface area (Å²) in [6, 6.07) is 3.56. The van der Waals surface area contributed by atoms with Crippen LogP contribution in [0.4, 0.5) is 0 Å². The zero-order valence-electron chi connectivity index (χ0n) is 12.0. The van der Waals surface area contributed by atoms with Crippen LogP contribution in [-0.4, -0.2) is 52.9 Å². The molecule has 1 fully saturated rings. The van der Waals surface area contributed by atoms with Crippen molar-refractivity contribution in [1.29, 1.82) is 0 Å². The van der Waals surface area contributed by atoms with Crippen LogP contribution in [0.25, 0.3) is 0 Å². The number of nitrogens with zero attached hydrogens (tertiary/aromatic N) is 2. The molecule has 5 nitrogen and oxygen atoms in total. The topological polar surface area (TPSA) is 62.7 Å². The first-order chi connectivity index (χ1) is 10.0. The van der Waals surface area contributed by atoms with Gasteiger partial charge in [0.05, 0.1) is 11.0 Å². The second-order valence-corrected chi connectivity index (χ2v) is 6.39. The summed E-state index contributed by atoms with van der Waals surface area (Å²) in [5, 5.41) is 0. The first-order valence-electron chi connectivity index (χ1n) is 7.11. The Morgan fingerprint density at radius 1 is 1.43 bits per heavy atom. The Morgan fingerprint density at radius 2 is 2.10 bits per heavy atom. The van der Waals surface area contributed by atoms with Crippen LogP contribution in [0.2, 0.25) is 0 Å². The Kier molecular flexibility index (Phi) is 5.78. The molecule has 116 valence electrons. The smallest absolute Gasteiger partial charge is 0.289 e. The molecule has 2 rings (SSSR count). The number of hydrogen-bond acceptors (Lipinski definition) is 4. The van der Waals surface area contributed by atoms with Gasteiger partial charge in [-0.05, 0) is 34.5 Å². The Morgan fingerprint density at radius 3 is 2.57 bits per heavy atom. The highest BCUT2D eigenvalue weighted by atomic mass is 79.9. The Balaban J connectivity index is 1.93. The minimum absolute atomic E-state index is 0.0669. The molecule has 1 aromatic rings. The lowest BCUT2D eigenvalue weighted by Gasteiger charge is -2.38. The average molecular weight is 374 g/mol. The lowest BCUT2D eigenvalue weighted by atomic mass is 10.1. The van der Waals surface area contributed by atoms with Gasteiger partial charge in [0.15, 0.2) is 10.4 Å². The van der Waals surface area contributed by atoms with E-state index in [-0.39, 0.29) is 11.9 Å². The van der Waals surface area contributed by atoms with Crippen LogP contribution >= 0.6 is 28.1 Å². The Labute approximate surface area is 138 Å². The van der Waals surface area contributed by atoms with Crippen molar-refractivity contribution in [3.63, 3.8) is 0 Å². The number of furan rings is 1. The van der Waals surface area contributed by atoms with E-state index in [2.05, 4.69) is 27.8 Å².